The zero-order valence-electron chi connectivity index (χ0n) is 19.0. The van der Waals surface area contributed by atoms with Gasteiger partial charge in [0.1, 0.15) is 0 Å². The van der Waals surface area contributed by atoms with Crippen molar-refractivity contribution in [2.45, 2.75) is 43.4 Å². The first-order chi connectivity index (χ1) is 15.4. The van der Waals surface area contributed by atoms with E-state index in [-0.39, 0.29) is 22.6 Å². The highest BCUT2D eigenvalue weighted by Gasteiger charge is 2.27. The van der Waals surface area contributed by atoms with Gasteiger partial charge in [-0.25, -0.2) is 8.42 Å². The summed E-state index contributed by atoms with van der Waals surface area (Å²) in [6.07, 6.45) is 2.11. The van der Waals surface area contributed by atoms with E-state index in [9.17, 15) is 13.2 Å². The second kappa shape index (κ2) is 11.6. The smallest absolute Gasteiger partial charge is 0.251 e. The van der Waals surface area contributed by atoms with Gasteiger partial charge in [0, 0.05) is 31.2 Å². The molecule has 0 spiro atoms. The van der Waals surface area contributed by atoms with Crippen LogP contribution < -0.4 is 5.32 Å². The molecule has 0 aliphatic carbocycles. The minimum absolute atomic E-state index is 0.137. The van der Waals surface area contributed by atoms with Crippen molar-refractivity contribution < 1.29 is 17.9 Å². The van der Waals surface area contributed by atoms with Crippen LogP contribution in [-0.2, 0) is 20.3 Å². The number of ether oxygens (including phenoxy) is 1. The van der Waals surface area contributed by atoms with E-state index in [4.69, 9.17) is 4.74 Å². The molecule has 1 atom stereocenters. The Hall–Kier alpha value is -2.22. The normalized spacial score (nSPS) is 16.1. The average Bonchev–Trinajstić information content (AvgIpc) is 2.82. The number of benzene rings is 2. The summed E-state index contributed by atoms with van der Waals surface area (Å²) in [7, 11) is -3.46. The molecule has 7 heteroatoms. The van der Waals surface area contributed by atoms with Crippen molar-refractivity contribution in [2.24, 2.45) is 5.92 Å². The molecule has 1 unspecified atom stereocenters. The third-order valence-corrected chi connectivity index (χ3v) is 7.93. The molecule has 0 saturated carbocycles. The zero-order valence-corrected chi connectivity index (χ0v) is 19.8. The Morgan fingerprint density at radius 3 is 2.38 bits per heavy atom. The minimum Gasteiger partial charge on any atom is -0.379 e. The Balaban J connectivity index is 1.68. The van der Waals surface area contributed by atoms with Crippen molar-refractivity contribution in [3.8, 4) is 0 Å². The molecule has 1 amide bonds. The fraction of sp³-hybridized carbons (Fsp3) is 0.480. The van der Waals surface area contributed by atoms with Gasteiger partial charge in [0.2, 0.25) is 0 Å². The van der Waals surface area contributed by atoms with Crippen LogP contribution in [0.15, 0.2) is 59.5 Å². The lowest BCUT2D eigenvalue weighted by molar-refractivity contribution is 0.00191. The molecule has 3 rings (SSSR count). The van der Waals surface area contributed by atoms with E-state index in [1.807, 2.05) is 0 Å². The van der Waals surface area contributed by atoms with Crippen molar-refractivity contribution >= 4 is 15.7 Å². The maximum Gasteiger partial charge on any atom is 0.251 e. The third-order valence-electron chi connectivity index (χ3n) is 6.23. The number of nitrogens with zero attached hydrogens (tertiary/aromatic N) is 1. The van der Waals surface area contributed by atoms with Gasteiger partial charge in [-0.3, -0.25) is 9.69 Å². The molecule has 1 saturated heterocycles. The molecular formula is C25H34N2O4S. The van der Waals surface area contributed by atoms with Crippen molar-refractivity contribution in [3.63, 3.8) is 0 Å². The summed E-state index contributed by atoms with van der Waals surface area (Å²) < 4.78 is 30.9. The molecule has 2 aromatic rings. The van der Waals surface area contributed by atoms with Crippen LogP contribution >= 0.6 is 0 Å². The standard InChI is InChI=1S/C25H34N2O4S/c1-3-21(4-2)24(27-13-15-31-16-14-27)18-26-25(28)22-10-8-9-20(17-22)19-32(29,30)23-11-6-5-7-12-23/h5-12,17,21,24H,3-4,13-16,18-19H2,1-2H3,(H,26,28). The maximum absolute atomic E-state index is 12.9. The number of hydrogen-bond acceptors (Lipinski definition) is 5. The van der Waals surface area contributed by atoms with Gasteiger partial charge in [-0.2, -0.15) is 0 Å². The van der Waals surface area contributed by atoms with Gasteiger partial charge < -0.3 is 10.1 Å². The minimum atomic E-state index is -3.46. The van der Waals surface area contributed by atoms with E-state index in [0.29, 0.717) is 23.6 Å². The van der Waals surface area contributed by atoms with E-state index in [1.165, 1.54) is 0 Å². The summed E-state index contributed by atoms with van der Waals surface area (Å²) in [5.74, 6) is 0.186. The van der Waals surface area contributed by atoms with Gasteiger partial charge in [-0.1, -0.05) is 57.0 Å². The van der Waals surface area contributed by atoms with Gasteiger partial charge in [0.05, 0.1) is 23.9 Å². The number of amides is 1. The van der Waals surface area contributed by atoms with E-state index in [1.54, 1.807) is 54.6 Å². The number of sulfone groups is 1. The van der Waals surface area contributed by atoms with E-state index >= 15 is 0 Å². The summed E-state index contributed by atoms with van der Waals surface area (Å²) in [5, 5.41) is 3.10. The Morgan fingerprint density at radius 2 is 1.72 bits per heavy atom. The second-order valence-electron chi connectivity index (χ2n) is 8.27. The van der Waals surface area contributed by atoms with Gasteiger partial charge in [-0.15, -0.1) is 0 Å². The van der Waals surface area contributed by atoms with Crippen LogP contribution in [0.1, 0.15) is 42.6 Å². The average molecular weight is 459 g/mol. The Bertz CT molecular complexity index is 968. The molecule has 0 radical (unpaired) electrons. The van der Waals surface area contributed by atoms with Crippen LogP contribution in [0.3, 0.4) is 0 Å². The molecule has 2 aromatic carbocycles. The number of carbonyl (C=O) groups is 1. The van der Waals surface area contributed by atoms with Crippen LogP contribution in [0.4, 0.5) is 0 Å². The van der Waals surface area contributed by atoms with Crippen molar-refractivity contribution in [3.05, 3.63) is 65.7 Å². The zero-order chi connectivity index (χ0) is 23.0. The van der Waals surface area contributed by atoms with Crippen LogP contribution in [-0.4, -0.2) is 58.1 Å². The Labute approximate surface area is 191 Å². The van der Waals surface area contributed by atoms with Crippen molar-refractivity contribution in [2.75, 3.05) is 32.8 Å². The first kappa shape index (κ1) is 24.4. The fourth-order valence-electron chi connectivity index (χ4n) is 4.37. The monoisotopic (exact) mass is 458 g/mol. The number of carbonyl (C=O) groups excluding carboxylic acids is 1. The molecular weight excluding hydrogens is 424 g/mol. The first-order valence-corrected chi connectivity index (χ1v) is 13.1. The summed E-state index contributed by atoms with van der Waals surface area (Å²) in [5.41, 5.74) is 1.09. The Kier molecular flexibility index (Phi) is 8.84. The molecule has 1 fully saturated rings. The molecule has 174 valence electrons. The fourth-order valence-corrected chi connectivity index (χ4v) is 5.72. The largest absolute Gasteiger partial charge is 0.379 e. The second-order valence-corrected chi connectivity index (χ2v) is 10.3. The molecule has 1 heterocycles. The number of nitrogens with one attached hydrogen (secondary N) is 1. The third kappa shape index (κ3) is 6.40. The predicted octanol–water partition coefficient (Wildman–Crippen LogP) is 3.53. The van der Waals surface area contributed by atoms with Crippen molar-refractivity contribution in [1.29, 1.82) is 0 Å². The molecule has 0 bridgehead atoms. The quantitative estimate of drug-likeness (QED) is 0.590. The van der Waals surface area contributed by atoms with Crippen LogP contribution in [0, 0.1) is 5.92 Å². The number of rotatable bonds is 10. The first-order valence-electron chi connectivity index (χ1n) is 11.4. The molecule has 32 heavy (non-hydrogen) atoms. The summed E-state index contributed by atoms with van der Waals surface area (Å²) in [4.78, 5) is 15.6. The summed E-state index contributed by atoms with van der Waals surface area (Å²) >= 11 is 0. The summed E-state index contributed by atoms with van der Waals surface area (Å²) in [6.45, 7) is 8.16. The highest BCUT2D eigenvalue weighted by Crippen LogP contribution is 2.20. The van der Waals surface area contributed by atoms with Crippen LogP contribution in [0.25, 0.3) is 0 Å². The SMILES string of the molecule is CCC(CC)C(CNC(=O)c1cccc(CS(=O)(=O)c2ccccc2)c1)N1CCOCC1. The topological polar surface area (TPSA) is 75.7 Å². The molecule has 1 aliphatic rings. The van der Waals surface area contributed by atoms with Gasteiger partial charge in [-0.05, 0) is 35.7 Å². The Morgan fingerprint density at radius 1 is 1.03 bits per heavy atom. The lowest BCUT2D eigenvalue weighted by Crippen LogP contribution is -2.52. The molecule has 6 nitrogen and oxygen atoms in total. The van der Waals surface area contributed by atoms with Gasteiger partial charge in [0.25, 0.3) is 5.91 Å². The van der Waals surface area contributed by atoms with Gasteiger partial charge >= 0.3 is 0 Å². The van der Waals surface area contributed by atoms with E-state index < -0.39 is 9.84 Å². The summed E-state index contributed by atoms with van der Waals surface area (Å²) in [6, 6.07) is 15.6. The van der Waals surface area contributed by atoms with E-state index in [0.717, 1.165) is 39.1 Å². The van der Waals surface area contributed by atoms with Crippen LogP contribution in [0.5, 0.6) is 0 Å². The van der Waals surface area contributed by atoms with E-state index in [2.05, 4.69) is 24.1 Å². The lowest BCUT2D eigenvalue weighted by Gasteiger charge is -2.38. The highest BCUT2D eigenvalue weighted by atomic mass is 32.2. The lowest BCUT2D eigenvalue weighted by atomic mass is 9.92. The van der Waals surface area contributed by atoms with Crippen LogP contribution in [0.2, 0.25) is 0 Å². The number of hydrogen-bond donors (Lipinski definition) is 1. The van der Waals surface area contributed by atoms with Gasteiger partial charge in [0.15, 0.2) is 9.84 Å². The molecule has 1 N–H and O–H groups in total. The highest BCUT2D eigenvalue weighted by molar-refractivity contribution is 7.90. The number of morpholine rings is 1. The van der Waals surface area contributed by atoms with Crippen molar-refractivity contribution in [1.82, 2.24) is 10.2 Å². The molecule has 1 aliphatic heterocycles. The molecule has 0 aromatic heterocycles. The maximum atomic E-state index is 12.9. The predicted molar refractivity (Wildman–Crippen MR) is 126 cm³/mol.